The molecule has 0 spiro atoms. The van der Waals surface area contributed by atoms with Gasteiger partial charge < -0.3 is 19.3 Å². The van der Waals surface area contributed by atoms with Crippen LogP contribution in [-0.4, -0.2) is 70.8 Å². The van der Waals surface area contributed by atoms with Gasteiger partial charge in [-0.05, 0) is 48.9 Å². The van der Waals surface area contributed by atoms with Crippen LogP contribution < -0.4 is 14.4 Å². The summed E-state index contributed by atoms with van der Waals surface area (Å²) in [4.78, 5) is 26.2. The van der Waals surface area contributed by atoms with Crippen LogP contribution in [0.4, 0.5) is 5.82 Å². The Hall–Kier alpha value is -4.14. The number of rotatable bonds is 5. The number of fused-ring (bicyclic) bond motifs is 1. The van der Waals surface area contributed by atoms with Crippen molar-refractivity contribution < 1.29 is 14.3 Å². The first-order valence-corrected chi connectivity index (χ1v) is 11.1. The summed E-state index contributed by atoms with van der Waals surface area (Å²) in [6.07, 6.45) is 3.53. The normalized spacial score (nSPS) is 13.9. The summed E-state index contributed by atoms with van der Waals surface area (Å²) in [5.74, 6) is 2.12. The number of methoxy groups -OCH3 is 2. The Labute approximate surface area is 197 Å². The highest BCUT2D eigenvalue weighted by molar-refractivity contribution is 5.93. The van der Waals surface area contributed by atoms with Crippen LogP contribution in [0.3, 0.4) is 0 Å². The number of piperazine rings is 1. The van der Waals surface area contributed by atoms with Gasteiger partial charge in [-0.1, -0.05) is 0 Å². The van der Waals surface area contributed by atoms with Crippen molar-refractivity contribution in [2.45, 2.75) is 6.92 Å². The molecule has 0 N–H and O–H groups in total. The molecule has 1 aliphatic heterocycles. The minimum absolute atomic E-state index is 0.0967. The van der Waals surface area contributed by atoms with Gasteiger partial charge in [-0.15, -0.1) is 0 Å². The minimum Gasteiger partial charge on any atom is -0.493 e. The van der Waals surface area contributed by atoms with Crippen LogP contribution in [0.2, 0.25) is 0 Å². The summed E-state index contributed by atoms with van der Waals surface area (Å²) in [6, 6.07) is 13.3. The number of ether oxygens (including phenoxy) is 2. The Bertz CT molecular complexity index is 1340. The van der Waals surface area contributed by atoms with E-state index in [1.807, 2.05) is 41.4 Å². The summed E-state index contributed by atoms with van der Waals surface area (Å²) in [5.41, 5.74) is 3.85. The average Bonchev–Trinajstić information content (AvgIpc) is 3.32. The highest BCUT2D eigenvalue weighted by Gasteiger charge is 2.25. The third-order valence-corrected chi connectivity index (χ3v) is 6.05. The first-order chi connectivity index (χ1) is 16.6. The smallest absolute Gasteiger partial charge is 0.274 e. The fraction of sp³-hybridized carbons (Fsp3) is 0.280. The number of anilines is 1. The lowest BCUT2D eigenvalue weighted by Crippen LogP contribution is -2.49. The predicted octanol–water partition coefficient (Wildman–Crippen LogP) is 3.08. The Morgan fingerprint density at radius 2 is 1.65 bits per heavy atom. The number of aryl methyl sites for hydroxylation is 1. The molecule has 1 amide bonds. The maximum atomic E-state index is 13.3. The number of amides is 1. The van der Waals surface area contributed by atoms with E-state index in [1.165, 1.54) is 5.56 Å². The van der Waals surface area contributed by atoms with E-state index >= 15 is 0 Å². The van der Waals surface area contributed by atoms with E-state index < -0.39 is 0 Å². The lowest BCUT2D eigenvalue weighted by molar-refractivity contribution is 0.0740. The molecule has 0 radical (unpaired) electrons. The van der Waals surface area contributed by atoms with Gasteiger partial charge in [0.15, 0.2) is 22.8 Å². The van der Waals surface area contributed by atoms with Gasteiger partial charge in [-0.25, -0.2) is 14.5 Å². The molecule has 0 aliphatic carbocycles. The third-order valence-electron chi connectivity index (χ3n) is 6.05. The molecular weight excluding hydrogens is 432 g/mol. The van der Waals surface area contributed by atoms with E-state index in [4.69, 9.17) is 9.47 Å². The number of carbonyl (C=O) groups is 1. The fourth-order valence-electron chi connectivity index (χ4n) is 4.21. The van der Waals surface area contributed by atoms with Gasteiger partial charge in [0.05, 0.1) is 19.9 Å². The van der Waals surface area contributed by atoms with Gasteiger partial charge in [-0.2, -0.15) is 5.10 Å². The fourth-order valence-corrected chi connectivity index (χ4v) is 4.21. The van der Waals surface area contributed by atoms with Gasteiger partial charge in [0.1, 0.15) is 5.82 Å². The summed E-state index contributed by atoms with van der Waals surface area (Å²) in [7, 11) is 3.20. The van der Waals surface area contributed by atoms with Crippen molar-refractivity contribution in [2.75, 3.05) is 45.3 Å². The highest BCUT2D eigenvalue weighted by atomic mass is 16.5. The predicted molar refractivity (Wildman–Crippen MR) is 129 cm³/mol. The molecule has 4 heterocycles. The molecule has 9 nitrogen and oxygen atoms in total. The molecule has 9 heteroatoms. The molecule has 1 saturated heterocycles. The molecule has 4 aromatic rings. The number of nitrogens with zero attached hydrogens (tertiary/aromatic N) is 6. The zero-order chi connectivity index (χ0) is 23.7. The molecule has 0 unspecified atom stereocenters. The Balaban J connectivity index is 1.38. The lowest BCUT2D eigenvalue weighted by atomic mass is 10.1. The van der Waals surface area contributed by atoms with E-state index in [0.29, 0.717) is 35.9 Å². The summed E-state index contributed by atoms with van der Waals surface area (Å²) >= 11 is 0. The van der Waals surface area contributed by atoms with E-state index in [9.17, 15) is 4.79 Å². The summed E-state index contributed by atoms with van der Waals surface area (Å²) < 4.78 is 12.5. The molecule has 3 aromatic heterocycles. The zero-order valence-corrected chi connectivity index (χ0v) is 19.4. The third kappa shape index (κ3) is 4.00. The SMILES string of the molecule is COc1ccc(-c2ccnc3cc(C(=O)N4CCN(c5cc(C)ccn5)CC4)nn23)cc1OC. The van der Waals surface area contributed by atoms with Gasteiger partial charge in [0, 0.05) is 50.2 Å². The van der Waals surface area contributed by atoms with Gasteiger partial charge in [0.2, 0.25) is 0 Å². The first-order valence-electron chi connectivity index (χ1n) is 11.1. The summed E-state index contributed by atoms with van der Waals surface area (Å²) in [6.45, 7) is 4.73. The van der Waals surface area contributed by atoms with Crippen molar-refractivity contribution in [3.8, 4) is 22.8 Å². The Morgan fingerprint density at radius 1 is 0.882 bits per heavy atom. The van der Waals surface area contributed by atoms with E-state index in [2.05, 4.69) is 33.0 Å². The van der Waals surface area contributed by atoms with E-state index in [0.717, 1.165) is 30.2 Å². The molecule has 1 aromatic carbocycles. The van der Waals surface area contributed by atoms with Crippen LogP contribution in [-0.2, 0) is 0 Å². The van der Waals surface area contributed by atoms with Gasteiger partial charge >= 0.3 is 0 Å². The number of carbonyl (C=O) groups excluding carboxylic acids is 1. The topological polar surface area (TPSA) is 85.1 Å². The number of aromatic nitrogens is 4. The van der Waals surface area contributed by atoms with Crippen LogP contribution in [0.25, 0.3) is 16.9 Å². The van der Waals surface area contributed by atoms with Crippen LogP contribution in [0.15, 0.2) is 54.9 Å². The van der Waals surface area contributed by atoms with Crippen LogP contribution >= 0.6 is 0 Å². The van der Waals surface area contributed by atoms with Gasteiger partial charge in [-0.3, -0.25) is 4.79 Å². The van der Waals surface area contributed by atoms with Crippen LogP contribution in [0.5, 0.6) is 11.5 Å². The van der Waals surface area contributed by atoms with Crippen molar-refractivity contribution >= 4 is 17.4 Å². The lowest BCUT2D eigenvalue weighted by Gasteiger charge is -2.35. The Morgan fingerprint density at radius 3 is 2.38 bits per heavy atom. The molecule has 34 heavy (non-hydrogen) atoms. The maximum Gasteiger partial charge on any atom is 0.274 e. The maximum absolute atomic E-state index is 13.3. The van der Waals surface area contributed by atoms with Gasteiger partial charge in [0.25, 0.3) is 5.91 Å². The van der Waals surface area contributed by atoms with Crippen molar-refractivity contribution in [3.05, 3.63) is 66.1 Å². The molecule has 1 aliphatic rings. The minimum atomic E-state index is -0.0967. The van der Waals surface area contributed by atoms with Crippen molar-refractivity contribution in [1.82, 2.24) is 24.5 Å². The molecule has 5 rings (SSSR count). The van der Waals surface area contributed by atoms with Crippen molar-refractivity contribution in [2.24, 2.45) is 0 Å². The first kappa shape index (κ1) is 21.7. The zero-order valence-electron chi connectivity index (χ0n) is 19.4. The molecule has 174 valence electrons. The summed E-state index contributed by atoms with van der Waals surface area (Å²) in [5, 5.41) is 4.62. The second-order valence-corrected chi connectivity index (χ2v) is 8.17. The standard InChI is InChI=1S/C25H26N6O3/c1-17-6-8-26-23(14-17)29-10-12-30(13-11-29)25(32)19-16-24-27-9-7-20(31(24)28-19)18-4-5-21(33-2)22(15-18)34-3/h4-9,14-16H,10-13H2,1-3H3. The molecular formula is C25H26N6O3. The molecule has 1 fully saturated rings. The van der Waals surface area contributed by atoms with E-state index in [-0.39, 0.29) is 5.91 Å². The van der Waals surface area contributed by atoms with Crippen LogP contribution in [0.1, 0.15) is 16.1 Å². The monoisotopic (exact) mass is 458 g/mol. The molecule has 0 saturated carbocycles. The number of hydrogen-bond donors (Lipinski definition) is 0. The second-order valence-electron chi connectivity index (χ2n) is 8.17. The largest absolute Gasteiger partial charge is 0.493 e. The highest BCUT2D eigenvalue weighted by Crippen LogP contribution is 2.32. The second kappa shape index (κ2) is 9.01. The quantitative estimate of drug-likeness (QED) is 0.454. The number of hydrogen-bond acceptors (Lipinski definition) is 7. The van der Waals surface area contributed by atoms with Crippen molar-refractivity contribution in [3.63, 3.8) is 0 Å². The molecule has 0 atom stereocenters. The number of pyridine rings is 1. The Kier molecular flexibility index (Phi) is 5.75. The van der Waals surface area contributed by atoms with E-state index in [1.54, 1.807) is 31.0 Å². The molecule has 0 bridgehead atoms. The van der Waals surface area contributed by atoms with Crippen molar-refractivity contribution in [1.29, 1.82) is 0 Å². The average molecular weight is 459 g/mol. The number of benzene rings is 1. The van der Waals surface area contributed by atoms with Crippen LogP contribution in [0, 0.1) is 6.92 Å².